The Balaban J connectivity index is 0.00000180. The van der Waals surface area contributed by atoms with E-state index in [-0.39, 0.29) is 24.8 Å². The minimum Gasteiger partial charge on any atom is -0.314 e. The van der Waals surface area contributed by atoms with Crippen LogP contribution < -0.4 is 5.32 Å². The van der Waals surface area contributed by atoms with Crippen molar-refractivity contribution in [1.82, 2.24) is 10.2 Å². The van der Waals surface area contributed by atoms with Gasteiger partial charge in [0.1, 0.15) is 0 Å². The molecule has 0 spiro atoms. The Morgan fingerprint density at radius 2 is 2.00 bits per heavy atom. The van der Waals surface area contributed by atoms with Crippen molar-refractivity contribution < 1.29 is 0 Å². The largest absolute Gasteiger partial charge is 0.314 e. The number of benzene rings is 1. The first-order valence-corrected chi connectivity index (χ1v) is 6.92. The molecule has 0 radical (unpaired) electrons. The van der Waals surface area contributed by atoms with E-state index in [2.05, 4.69) is 29.8 Å². The second kappa shape index (κ2) is 9.64. The smallest absolute Gasteiger partial charge is 0.0456 e. The number of halogens is 3. The van der Waals surface area contributed by atoms with Crippen LogP contribution in [-0.2, 0) is 0 Å². The van der Waals surface area contributed by atoms with Crippen LogP contribution in [0.25, 0.3) is 0 Å². The van der Waals surface area contributed by atoms with Gasteiger partial charge in [-0.2, -0.15) is 0 Å². The number of nitrogens with zero attached hydrogens (tertiary/aromatic N) is 1. The number of hydrogen-bond acceptors (Lipinski definition) is 2. The number of hydrogen-bond donors (Lipinski definition) is 1. The maximum atomic E-state index is 6.40. The average Bonchev–Trinajstić information content (AvgIpc) is 2.38. The molecule has 0 amide bonds. The van der Waals surface area contributed by atoms with Crippen molar-refractivity contribution in [3.8, 4) is 0 Å². The normalized spacial score (nSPS) is 16.7. The van der Waals surface area contributed by atoms with Crippen molar-refractivity contribution in [2.24, 2.45) is 0 Å². The molecule has 1 aliphatic heterocycles. The second-order valence-corrected chi connectivity index (χ2v) is 5.20. The Kier molecular flexibility index (Phi) is 9.52. The molecule has 0 unspecified atom stereocenters. The zero-order chi connectivity index (χ0) is 13.0. The summed E-state index contributed by atoms with van der Waals surface area (Å²) in [6.07, 6.45) is 2.94. The zero-order valence-electron chi connectivity index (χ0n) is 11.8. The SMILES string of the molecule is C=CC[C@@H](c1c(C)cccc1Cl)N1CCNCC1.Cl.Cl. The van der Waals surface area contributed by atoms with Gasteiger partial charge in [-0.25, -0.2) is 0 Å². The van der Waals surface area contributed by atoms with Crippen molar-refractivity contribution in [2.75, 3.05) is 26.2 Å². The van der Waals surface area contributed by atoms with Crippen LogP contribution in [0.1, 0.15) is 23.6 Å². The highest BCUT2D eigenvalue weighted by molar-refractivity contribution is 6.31. The van der Waals surface area contributed by atoms with Crippen LogP contribution >= 0.6 is 36.4 Å². The van der Waals surface area contributed by atoms with Crippen LogP contribution in [0.3, 0.4) is 0 Å². The molecule has 0 saturated carbocycles. The Hall–Kier alpha value is -0.250. The Bertz CT molecular complexity index is 397. The minimum absolute atomic E-state index is 0. The summed E-state index contributed by atoms with van der Waals surface area (Å²) in [6.45, 7) is 10.3. The molecule has 1 N–H and O–H groups in total. The molecule has 1 atom stereocenters. The predicted octanol–water partition coefficient (Wildman–Crippen LogP) is 4.01. The molecule has 20 heavy (non-hydrogen) atoms. The Labute approximate surface area is 139 Å². The van der Waals surface area contributed by atoms with Crippen LogP contribution in [0.5, 0.6) is 0 Å². The summed E-state index contributed by atoms with van der Waals surface area (Å²) >= 11 is 6.40. The first kappa shape index (κ1) is 19.8. The van der Waals surface area contributed by atoms with E-state index >= 15 is 0 Å². The summed E-state index contributed by atoms with van der Waals surface area (Å²) < 4.78 is 0. The van der Waals surface area contributed by atoms with Crippen molar-refractivity contribution >= 4 is 36.4 Å². The van der Waals surface area contributed by atoms with Crippen LogP contribution in [0, 0.1) is 6.92 Å². The van der Waals surface area contributed by atoms with Gasteiger partial charge in [0.05, 0.1) is 0 Å². The van der Waals surface area contributed by atoms with Gasteiger partial charge in [0.15, 0.2) is 0 Å². The van der Waals surface area contributed by atoms with Gasteiger partial charge in [0, 0.05) is 37.2 Å². The number of nitrogens with one attached hydrogen (secondary N) is 1. The molecule has 1 saturated heterocycles. The van der Waals surface area contributed by atoms with Gasteiger partial charge in [-0.1, -0.05) is 29.8 Å². The van der Waals surface area contributed by atoms with E-state index in [0.29, 0.717) is 6.04 Å². The van der Waals surface area contributed by atoms with Gasteiger partial charge in [-0.15, -0.1) is 31.4 Å². The van der Waals surface area contributed by atoms with Gasteiger partial charge in [0.25, 0.3) is 0 Å². The lowest BCUT2D eigenvalue weighted by Gasteiger charge is -2.36. The molecule has 1 fully saturated rings. The number of piperazine rings is 1. The van der Waals surface area contributed by atoms with Gasteiger partial charge in [0.2, 0.25) is 0 Å². The summed E-state index contributed by atoms with van der Waals surface area (Å²) in [5.41, 5.74) is 2.54. The van der Waals surface area contributed by atoms with E-state index in [4.69, 9.17) is 11.6 Å². The van der Waals surface area contributed by atoms with E-state index in [1.54, 1.807) is 0 Å². The van der Waals surface area contributed by atoms with E-state index < -0.39 is 0 Å². The highest BCUT2D eigenvalue weighted by Gasteiger charge is 2.24. The lowest BCUT2D eigenvalue weighted by atomic mass is 9.96. The molecule has 1 aliphatic rings. The lowest BCUT2D eigenvalue weighted by molar-refractivity contribution is 0.174. The van der Waals surface area contributed by atoms with Crippen LogP contribution in [-0.4, -0.2) is 31.1 Å². The quantitative estimate of drug-likeness (QED) is 0.835. The van der Waals surface area contributed by atoms with Gasteiger partial charge in [-0.3, -0.25) is 4.90 Å². The van der Waals surface area contributed by atoms with Crippen molar-refractivity contribution in [1.29, 1.82) is 0 Å². The van der Waals surface area contributed by atoms with E-state index in [9.17, 15) is 0 Å². The van der Waals surface area contributed by atoms with Crippen LogP contribution in [0.4, 0.5) is 0 Å². The zero-order valence-corrected chi connectivity index (χ0v) is 14.2. The van der Waals surface area contributed by atoms with Crippen molar-refractivity contribution in [2.45, 2.75) is 19.4 Å². The van der Waals surface area contributed by atoms with Crippen molar-refractivity contribution in [3.05, 3.63) is 47.0 Å². The molecule has 2 nitrogen and oxygen atoms in total. The Morgan fingerprint density at radius 1 is 1.35 bits per heavy atom. The molecule has 1 aromatic carbocycles. The van der Waals surface area contributed by atoms with Gasteiger partial charge >= 0.3 is 0 Å². The third-order valence-electron chi connectivity index (χ3n) is 3.59. The molecule has 114 valence electrons. The van der Waals surface area contributed by atoms with Gasteiger partial charge < -0.3 is 5.32 Å². The molecule has 0 bridgehead atoms. The highest BCUT2D eigenvalue weighted by atomic mass is 35.5. The molecule has 1 aromatic rings. The first-order valence-electron chi connectivity index (χ1n) is 6.54. The van der Waals surface area contributed by atoms with Crippen LogP contribution in [0.15, 0.2) is 30.9 Å². The maximum absolute atomic E-state index is 6.40. The fourth-order valence-corrected chi connectivity index (χ4v) is 3.02. The molecule has 0 aliphatic carbocycles. The monoisotopic (exact) mass is 336 g/mol. The topological polar surface area (TPSA) is 15.3 Å². The second-order valence-electron chi connectivity index (χ2n) is 4.80. The summed E-state index contributed by atoms with van der Waals surface area (Å²) in [7, 11) is 0. The third kappa shape index (κ3) is 4.64. The molecule has 0 aromatic heterocycles. The predicted molar refractivity (Wildman–Crippen MR) is 92.7 cm³/mol. The first-order chi connectivity index (χ1) is 8.74. The maximum Gasteiger partial charge on any atom is 0.0456 e. The fourth-order valence-electron chi connectivity index (χ4n) is 2.67. The van der Waals surface area contributed by atoms with Gasteiger partial charge in [-0.05, 0) is 30.5 Å². The van der Waals surface area contributed by atoms with E-state index in [1.807, 2.05) is 18.2 Å². The van der Waals surface area contributed by atoms with Crippen LogP contribution in [0.2, 0.25) is 5.02 Å². The molecule has 1 heterocycles. The standard InChI is InChI=1S/C15H21ClN2.2ClH/c1-3-5-14(18-10-8-17-9-11-18)15-12(2)6-4-7-13(15)16;;/h3-4,6-7,14,17H,1,5,8-11H2,2H3;2*1H/t14-;;/m0../s1. The number of aryl methyl sites for hydroxylation is 1. The highest BCUT2D eigenvalue weighted by Crippen LogP contribution is 2.33. The summed E-state index contributed by atoms with van der Waals surface area (Å²) in [5.74, 6) is 0. The van der Waals surface area contributed by atoms with E-state index in [1.165, 1.54) is 11.1 Å². The molecule has 2 rings (SSSR count). The minimum atomic E-state index is 0. The summed E-state index contributed by atoms with van der Waals surface area (Å²) in [5, 5.41) is 4.27. The lowest BCUT2D eigenvalue weighted by Crippen LogP contribution is -2.45. The Morgan fingerprint density at radius 3 is 2.55 bits per heavy atom. The van der Waals surface area contributed by atoms with E-state index in [0.717, 1.165) is 37.6 Å². The fraction of sp³-hybridized carbons (Fsp3) is 0.467. The molecule has 5 heteroatoms. The third-order valence-corrected chi connectivity index (χ3v) is 3.92. The molecular formula is C15H23Cl3N2. The molecular weight excluding hydrogens is 315 g/mol. The summed E-state index contributed by atoms with van der Waals surface area (Å²) in [6, 6.07) is 6.50. The summed E-state index contributed by atoms with van der Waals surface area (Å²) in [4.78, 5) is 2.51. The average molecular weight is 338 g/mol. The van der Waals surface area contributed by atoms with Crippen molar-refractivity contribution in [3.63, 3.8) is 0 Å². The number of rotatable bonds is 4.